The monoisotopic (exact) mass is 264 g/mol. The maximum absolute atomic E-state index is 2.54. The molecular weight excluding hydrogens is 228 g/mol. The normalized spacial score (nSPS) is 39.0. The number of fused-ring (bicyclic) bond motifs is 1. The van der Waals surface area contributed by atoms with Gasteiger partial charge in [-0.25, -0.2) is 0 Å². The van der Waals surface area contributed by atoms with Crippen LogP contribution in [-0.4, -0.2) is 0 Å². The second-order valence-corrected chi connectivity index (χ2v) is 8.60. The third-order valence-electron chi connectivity index (χ3n) is 6.48. The van der Waals surface area contributed by atoms with Crippen LogP contribution in [0.1, 0.15) is 80.1 Å². The van der Waals surface area contributed by atoms with Crippen LogP contribution in [0.4, 0.5) is 0 Å². The van der Waals surface area contributed by atoms with Gasteiger partial charge in [0.15, 0.2) is 0 Å². The molecule has 0 aliphatic heterocycles. The first-order valence-corrected chi connectivity index (χ1v) is 8.88. The van der Waals surface area contributed by atoms with Gasteiger partial charge >= 0.3 is 0 Å². The Bertz CT molecular complexity index is 280. The third kappa shape index (κ3) is 3.37. The highest BCUT2D eigenvalue weighted by Gasteiger charge is 2.77. The van der Waals surface area contributed by atoms with Gasteiger partial charge in [-0.1, -0.05) is 67.2 Å². The van der Waals surface area contributed by atoms with Crippen LogP contribution >= 0.6 is 0 Å². The Balaban J connectivity index is 1.48. The molecule has 0 N–H and O–H groups in total. The lowest BCUT2D eigenvalue weighted by Gasteiger charge is -2.22. The minimum atomic E-state index is 0.802. The van der Waals surface area contributed by atoms with Gasteiger partial charge in [0.25, 0.3) is 0 Å². The molecule has 4 unspecified atom stereocenters. The van der Waals surface area contributed by atoms with E-state index in [9.17, 15) is 0 Å². The average Bonchev–Trinajstić information content (AvgIpc) is 3.18. The van der Waals surface area contributed by atoms with Crippen molar-refractivity contribution in [2.45, 2.75) is 80.1 Å². The smallest absolute Gasteiger partial charge is 0.0258 e. The van der Waals surface area contributed by atoms with Crippen LogP contribution in [0.15, 0.2) is 0 Å². The van der Waals surface area contributed by atoms with Gasteiger partial charge < -0.3 is 0 Å². The van der Waals surface area contributed by atoms with Crippen molar-refractivity contribution in [3.63, 3.8) is 0 Å². The second kappa shape index (κ2) is 5.78. The molecule has 0 aromatic rings. The Morgan fingerprint density at radius 1 is 0.895 bits per heavy atom. The Morgan fingerprint density at radius 2 is 1.53 bits per heavy atom. The van der Waals surface area contributed by atoms with E-state index in [2.05, 4.69) is 41.5 Å². The van der Waals surface area contributed by atoms with Gasteiger partial charge in [0.2, 0.25) is 0 Å². The molecule has 0 radical (unpaired) electrons. The summed E-state index contributed by atoms with van der Waals surface area (Å²) in [5, 5.41) is 0. The summed E-state index contributed by atoms with van der Waals surface area (Å²) in [6.45, 7) is 14.6. The first-order chi connectivity index (χ1) is 8.88. The topological polar surface area (TPSA) is 0 Å². The highest BCUT2D eigenvalue weighted by Crippen LogP contribution is 2.82. The van der Waals surface area contributed by atoms with Crippen molar-refractivity contribution in [3.8, 4) is 0 Å². The lowest BCUT2D eigenvalue weighted by Crippen LogP contribution is -2.12. The van der Waals surface area contributed by atoms with E-state index in [1.807, 2.05) is 0 Å². The zero-order chi connectivity index (χ0) is 14.2. The molecule has 0 spiro atoms. The number of unbranched alkanes of at least 4 members (excludes halogenated alkanes) is 2. The summed E-state index contributed by atoms with van der Waals surface area (Å²) < 4.78 is 0. The zero-order valence-electron chi connectivity index (χ0n) is 14.2. The molecule has 0 nitrogen and oxygen atoms in total. The third-order valence-corrected chi connectivity index (χ3v) is 6.48. The van der Waals surface area contributed by atoms with Crippen LogP contribution in [0, 0.1) is 40.9 Å². The van der Waals surface area contributed by atoms with Crippen LogP contribution in [0.5, 0.6) is 0 Å². The minimum Gasteiger partial charge on any atom is -0.0628 e. The molecule has 0 saturated heterocycles. The van der Waals surface area contributed by atoms with Gasteiger partial charge in [-0.2, -0.15) is 0 Å². The van der Waals surface area contributed by atoms with Crippen molar-refractivity contribution in [3.05, 3.63) is 0 Å². The fourth-order valence-corrected chi connectivity index (χ4v) is 4.93. The maximum atomic E-state index is 2.54. The molecule has 0 aromatic heterocycles. The first-order valence-electron chi connectivity index (χ1n) is 8.88. The largest absolute Gasteiger partial charge is 0.0628 e. The lowest BCUT2D eigenvalue weighted by molar-refractivity contribution is 0.286. The van der Waals surface area contributed by atoms with E-state index < -0.39 is 0 Å². The van der Waals surface area contributed by atoms with Gasteiger partial charge in [0.05, 0.1) is 0 Å². The number of hydrogen-bond donors (Lipinski definition) is 0. The van der Waals surface area contributed by atoms with Gasteiger partial charge in [-0.05, 0) is 53.8 Å². The Kier molecular flexibility index (Phi) is 4.68. The van der Waals surface area contributed by atoms with Gasteiger partial charge in [-0.3, -0.25) is 0 Å². The Hall–Kier alpha value is 0. The van der Waals surface area contributed by atoms with Crippen LogP contribution in [0.3, 0.4) is 0 Å². The second-order valence-electron chi connectivity index (χ2n) is 8.60. The predicted octanol–water partition coefficient (Wildman–Crippen LogP) is 6.16. The highest BCUT2D eigenvalue weighted by atomic mass is 14.8. The average molecular weight is 264 g/mol. The molecule has 0 aromatic carbocycles. The molecule has 0 bridgehead atoms. The standard InChI is InChI=1S/C19H36/c1-13(2)12-15(4)14(3)10-8-7-9-11-19(6)17-16(5)18(17)19/h13-18H,7-12H2,1-6H3. The van der Waals surface area contributed by atoms with Crippen molar-refractivity contribution < 1.29 is 0 Å². The maximum Gasteiger partial charge on any atom is -0.0258 e. The number of rotatable bonds is 9. The van der Waals surface area contributed by atoms with Gasteiger partial charge in [-0.15, -0.1) is 0 Å². The van der Waals surface area contributed by atoms with Gasteiger partial charge in [0.1, 0.15) is 0 Å². The van der Waals surface area contributed by atoms with Crippen molar-refractivity contribution in [1.29, 1.82) is 0 Å². The van der Waals surface area contributed by atoms with Crippen molar-refractivity contribution in [2.75, 3.05) is 0 Å². The molecule has 4 atom stereocenters. The molecule has 2 saturated carbocycles. The van der Waals surface area contributed by atoms with Gasteiger partial charge in [0, 0.05) is 0 Å². The van der Waals surface area contributed by atoms with Crippen molar-refractivity contribution in [2.24, 2.45) is 40.9 Å². The molecule has 0 heterocycles. The van der Waals surface area contributed by atoms with Crippen LogP contribution < -0.4 is 0 Å². The van der Waals surface area contributed by atoms with E-state index in [0.717, 1.165) is 40.9 Å². The van der Waals surface area contributed by atoms with E-state index >= 15 is 0 Å². The summed E-state index contributed by atoms with van der Waals surface area (Å²) in [5.74, 6) is 6.06. The van der Waals surface area contributed by atoms with E-state index in [0.29, 0.717) is 0 Å². The van der Waals surface area contributed by atoms with Crippen LogP contribution in [0.2, 0.25) is 0 Å². The van der Waals surface area contributed by atoms with E-state index in [1.54, 1.807) is 0 Å². The van der Waals surface area contributed by atoms with Crippen molar-refractivity contribution >= 4 is 0 Å². The summed E-state index contributed by atoms with van der Waals surface area (Å²) in [6, 6.07) is 0. The van der Waals surface area contributed by atoms with Crippen molar-refractivity contribution in [1.82, 2.24) is 0 Å². The quantitative estimate of drug-likeness (QED) is 0.438. The molecule has 2 aliphatic rings. The van der Waals surface area contributed by atoms with Crippen LogP contribution in [-0.2, 0) is 0 Å². The summed E-state index contributed by atoms with van der Waals surface area (Å²) >= 11 is 0. The predicted molar refractivity (Wildman–Crippen MR) is 85.1 cm³/mol. The first kappa shape index (κ1) is 15.4. The Morgan fingerprint density at radius 3 is 2.05 bits per heavy atom. The van der Waals surface area contributed by atoms with Crippen LogP contribution in [0.25, 0.3) is 0 Å². The van der Waals surface area contributed by atoms with E-state index in [4.69, 9.17) is 0 Å². The fraction of sp³-hybridized carbons (Fsp3) is 1.00. The molecule has 2 rings (SSSR count). The Labute approximate surface area is 121 Å². The fourth-order valence-electron chi connectivity index (χ4n) is 4.93. The molecule has 112 valence electrons. The minimum absolute atomic E-state index is 0.802. The SMILES string of the molecule is CC(C)CC(C)C(C)CCCCCC1(C)C2C(C)C21. The summed E-state index contributed by atoms with van der Waals surface area (Å²) in [6.07, 6.45) is 8.80. The summed E-state index contributed by atoms with van der Waals surface area (Å²) in [7, 11) is 0. The lowest BCUT2D eigenvalue weighted by atomic mass is 9.83. The van der Waals surface area contributed by atoms with E-state index in [1.165, 1.54) is 38.5 Å². The molecule has 19 heavy (non-hydrogen) atoms. The number of hydrogen-bond acceptors (Lipinski definition) is 0. The highest BCUT2D eigenvalue weighted by molar-refractivity contribution is 5.25. The molecule has 0 heteroatoms. The molecule has 2 aliphatic carbocycles. The summed E-state index contributed by atoms with van der Waals surface area (Å²) in [4.78, 5) is 0. The molecule has 2 fully saturated rings. The summed E-state index contributed by atoms with van der Waals surface area (Å²) in [5.41, 5.74) is 0.802. The molecule has 0 amide bonds. The van der Waals surface area contributed by atoms with E-state index in [-0.39, 0.29) is 0 Å². The zero-order valence-corrected chi connectivity index (χ0v) is 14.2. The molecular formula is C19H36.